The van der Waals surface area contributed by atoms with E-state index in [1.54, 1.807) is 30.5 Å². The van der Waals surface area contributed by atoms with E-state index in [9.17, 15) is 4.79 Å². The van der Waals surface area contributed by atoms with Crippen LogP contribution in [0.5, 0.6) is 0 Å². The number of aromatic amines is 1. The number of ether oxygens (including phenoxy) is 1. The molecule has 1 spiro atoms. The predicted molar refractivity (Wildman–Crippen MR) is 159 cm³/mol. The Morgan fingerprint density at radius 1 is 1.19 bits per heavy atom. The van der Waals surface area contributed by atoms with Crippen molar-refractivity contribution in [2.45, 2.75) is 31.9 Å². The third-order valence-corrected chi connectivity index (χ3v) is 9.01. The van der Waals surface area contributed by atoms with Gasteiger partial charge in [0.1, 0.15) is 11.5 Å². The molecule has 0 bridgehead atoms. The lowest BCUT2D eigenvalue weighted by Gasteiger charge is -2.41. The molecule has 0 radical (unpaired) electrons. The van der Waals surface area contributed by atoms with Crippen molar-refractivity contribution in [2.75, 3.05) is 29.9 Å². The van der Waals surface area contributed by atoms with E-state index < -0.39 is 0 Å². The first kappa shape index (κ1) is 26.6. The molecule has 2 aliphatic rings. The number of para-hydroxylation sites is 1. The number of rotatable bonds is 4. The number of nitrogens with two attached hydrogens (primary N) is 1. The second-order valence-corrected chi connectivity index (χ2v) is 11.5. The van der Waals surface area contributed by atoms with Gasteiger partial charge >= 0.3 is 0 Å². The van der Waals surface area contributed by atoms with Crippen molar-refractivity contribution in [1.82, 2.24) is 24.6 Å². The van der Waals surface area contributed by atoms with E-state index in [1.165, 1.54) is 0 Å². The van der Waals surface area contributed by atoms with Crippen molar-refractivity contribution >= 4 is 51.3 Å². The van der Waals surface area contributed by atoms with Gasteiger partial charge in [-0.1, -0.05) is 29.8 Å². The molecule has 13 heteroatoms. The van der Waals surface area contributed by atoms with Crippen LogP contribution < -0.4 is 16.0 Å². The maximum Gasteiger partial charge on any atom is 0.296 e. The zero-order chi connectivity index (χ0) is 29.0. The van der Waals surface area contributed by atoms with Gasteiger partial charge in [-0.2, -0.15) is 5.16 Å². The molecule has 2 aromatic carbocycles. The zero-order valence-electron chi connectivity index (χ0n) is 23.2. The Balaban J connectivity index is 1.11. The number of nitrogens with zero attached hydrogens (tertiary/aromatic N) is 5. The van der Waals surface area contributed by atoms with Gasteiger partial charge in [-0.3, -0.25) is 9.42 Å². The maximum absolute atomic E-state index is 13.2. The molecule has 42 heavy (non-hydrogen) atoms. The lowest BCUT2D eigenvalue weighted by molar-refractivity contribution is 0.0713. The molecule has 1 amide bonds. The highest BCUT2D eigenvalue weighted by Gasteiger charge is 2.47. The summed E-state index contributed by atoms with van der Waals surface area (Å²) >= 11 is 6.72. The van der Waals surface area contributed by atoms with Gasteiger partial charge in [-0.05, 0) is 48.9 Å². The van der Waals surface area contributed by atoms with Crippen molar-refractivity contribution < 1.29 is 18.7 Å². The largest absolute Gasteiger partial charge is 0.376 e. The van der Waals surface area contributed by atoms with Crippen LogP contribution in [0.3, 0.4) is 0 Å². The van der Waals surface area contributed by atoms with Crippen LogP contribution in [-0.4, -0.2) is 62.4 Å². The standard InChI is InChI=1S/C29H31ClN8O4/c1-17-25(31)29(16-40-17)10-13-37(14-11-29)22-15-32-28-26(34-22)35-42-38(41-28)21-8-4-7-20(23(21)30)33-27(39)19-6-3-5-18-9-12-36(2)24(18)19/h3-9,12,15,17,25H,10-11,13-14,16,31H2,1-2H3,(H,33,39)(H,34,35)/t17-,25+/m0/s1. The predicted octanol–water partition coefficient (Wildman–Crippen LogP) is 4.79. The third-order valence-electron chi connectivity index (χ3n) is 8.62. The number of carbonyl (C=O) groups excluding carboxylic acids is 1. The van der Waals surface area contributed by atoms with Crippen molar-refractivity contribution in [3.63, 3.8) is 0 Å². The van der Waals surface area contributed by atoms with Gasteiger partial charge in [0, 0.05) is 43.2 Å². The fraction of sp³-hybridized carbons (Fsp3) is 0.345. The average molecular weight is 591 g/mol. The van der Waals surface area contributed by atoms with E-state index in [4.69, 9.17) is 31.2 Å². The molecule has 7 rings (SSSR count). The normalized spacial score (nSPS) is 20.0. The van der Waals surface area contributed by atoms with Crippen LogP contribution in [0, 0.1) is 5.41 Å². The van der Waals surface area contributed by atoms with E-state index in [-0.39, 0.29) is 34.2 Å². The topological polar surface area (TPSA) is 145 Å². The highest BCUT2D eigenvalue weighted by atomic mass is 35.5. The number of hydrogen-bond donors (Lipinski definition) is 3. The number of anilines is 2. The van der Waals surface area contributed by atoms with Gasteiger partial charge in [0.25, 0.3) is 11.6 Å². The number of nitrogens with one attached hydrogen (secondary N) is 2. The minimum atomic E-state index is -0.288. The first-order valence-electron chi connectivity index (χ1n) is 13.9. The highest BCUT2D eigenvalue weighted by Crippen LogP contribution is 2.41. The van der Waals surface area contributed by atoms with Crippen LogP contribution in [0.1, 0.15) is 30.1 Å². The quantitative estimate of drug-likeness (QED) is 0.271. The summed E-state index contributed by atoms with van der Waals surface area (Å²) in [6.45, 7) is 4.35. The molecule has 2 aliphatic heterocycles. The number of hydrogen-bond acceptors (Lipinski definition) is 8. The molecule has 218 valence electrons. The van der Waals surface area contributed by atoms with Crippen LogP contribution in [-0.2, 0) is 11.8 Å². The van der Waals surface area contributed by atoms with E-state index in [0.717, 1.165) is 41.7 Å². The van der Waals surface area contributed by atoms with Crippen molar-refractivity contribution in [1.29, 1.82) is 0 Å². The minimum absolute atomic E-state index is 0.0183. The van der Waals surface area contributed by atoms with E-state index in [0.29, 0.717) is 35.0 Å². The Hall–Kier alpha value is -4.26. The van der Waals surface area contributed by atoms with Gasteiger partial charge in [0.15, 0.2) is 0 Å². The van der Waals surface area contributed by atoms with Crippen LogP contribution in [0.15, 0.2) is 64.0 Å². The molecule has 5 aromatic rings. The summed E-state index contributed by atoms with van der Waals surface area (Å²) in [4.78, 5) is 25.7. The van der Waals surface area contributed by atoms with E-state index in [1.807, 2.05) is 42.9 Å². The second kappa shape index (κ2) is 10.2. The van der Waals surface area contributed by atoms with Crippen molar-refractivity contribution in [3.8, 4) is 5.69 Å². The van der Waals surface area contributed by atoms with Crippen molar-refractivity contribution in [3.05, 3.63) is 65.4 Å². The molecule has 0 aliphatic carbocycles. The van der Waals surface area contributed by atoms with Gasteiger partial charge in [0.2, 0.25) is 5.65 Å². The van der Waals surface area contributed by atoms with Crippen LogP contribution in [0.2, 0.25) is 5.02 Å². The third kappa shape index (κ3) is 4.42. The number of aromatic nitrogens is 5. The Labute approximate surface area is 245 Å². The van der Waals surface area contributed by atoms with Crippen LogP contribution in [0.4, 0.5) is 11.5 Å². The summed E-state index contributed by atoms with van der Waals surface area (Å²) in [5.74, 6) is 0.428. The Morgan fingerprint density at radius 3 is 2.79 bits per heavy atom. The molecule has 3 aromatic heterocycles. The molecular formula is C29H31ClN8O4. The summed E-state index contributed by atoms with van der Waals surface area (Å²) in [5.41, 5.74) is 9.17. The molecule has 5 heterocycles. The lowest BCUT2D eigenvalue weighted by Crippen LogP contribution is -2.50. The summed E-state index contributed by atoms with van der Waals surface area (Å²) in [5, 5.41) is 6.91. The molecule has 4 N–H and O–H groups in total. The number of aryl methyl sites for hydroxylation is 1. The Kier molecular flexibility index (Phi) is 6.48. The average Bonchev–Trinajstić information content (AvgIpc) is 3.53. The number of halogens is 1. The monoisotopic (exact) mass is 590 g/mol. The number of benzene rings is 2. The van der Waals surface area contributed by atoms with Crippen LogP contribution in [0.25, 0.3) is 28.0 Å². The fourth-order valence-corrected chi connectivity index (χ4v) is 6.32. The molecule has 2 atom stereocenters. The summed E-state index contributed by atoms with van der Waals surface area (Å²) in [6.07, 6.45) is 5.53. The number of amides is 1. The smallest absolute Gasteiger partial charge is 0.296 e. The Bertz CT molecular complexity index is 1840. The summed E-state index contributed by atoms with van der Waals surface area (Å²) < 4.78 is 19.3. The molecule has 2 fully saturated rings. The fourth-order valence-electron chi connectivity index (χ4n) is 6.07. The molecule has 0 saturated carbocycles. The SMILES string of the molecule is C[C@@H]1OCC2(CCN(c3cnc4on(-c5cccc(NC(=O)c6cccc7ccn(C)c67)c5Cl)o[nH]c4n3)CC2)[C@@H]1N. The van der Waals surface area contributed by atoms with Crippen molar-refractivity contribution in [2.24, 2.45) is 18.2 Å². The zero-order valence-corrected chi connectivity index (χ0v) is 24.0. The molecule has 2 saturated heterocycles. The Morgan fingerprint density at radius 2 is 2.00 bits per heavy atom. The molecular weight excluding hydrogens is 560 g/mol. The first-order valence-corrected chi connectivity index (χ1v) is 14.2. The number of H-pyrrole nitrogens is 1. The van der Waals surface area contributed by atoms with Crippen LogP contribution >= 0.6 is 11.6 Å². The first-order chi connectivity index (χ1) is 20.3. The second-order valence-electron chi connectivity index (χ2n) is 11.1. The number of carbonyl (C=O) groups is 1. The minimum Gasteiger partial charge on any atom is -0.376 e. The van der Waals surface area contributed by atoms with E-state index >= 15 is 0 Å². The summed E-state index contributed by atoms with van der Waals surface area (Å²) in [6, 6.07) is 12.7. The molecule has 0 unspecified atom stereocenters. The van der Waals surface area contributed by atoms with E-state index in [2.05, 4.69) is 25.3 Å². The highest BCUT2D eigenvalue weighted by molar-refractivity contribution is 6.35. The molecule has 12 nitrogen and oxygen atoms in total. The maximum atomic E-state index is 13.2. The van der Waals surface area contributed by atoms with Gasteiger partial charge in [-0.15, -0.1) is 0 Å². The van der Waals surface area contributed by atoms with Gasteiger partial charge in [0.05, 0.1) is 40.7 Å². The number of fused-ring (bicyclic) bond motifs is 2. The van der Waals surface area contributed by atoms with Gasteiger partial charge < -0.3 is 29.8 Å². The number of piperidine rings is 1. The van der Waals surface area contributed by atoms with Gasteiger partial charge in [-0.25, -0.2) is 9.97 Å². The summed E-state index contributed by atoms with van der Waals surface area (Å²) in [7, 11) is 1.90. The lowest BCUT2D eigenvalue weighted by atomic mass is 9.73.